The monoisotopic (exact) mass is 439 g/mol. The van der Waals surface area contributed by atoms with Gasteiger partial charge in [-0.05, 0) is 62.9 Å². The van der Waals surface area contributed by atoms with E-state index in [1.807, 2.05) is 23.6 Å². The zero-order valence-electron chi connectivity index (χ0n) is 18.6. The zero-order valence-corrected chi connectivity index (χ0v) is 19.4. The fourth-order valence-electron chi connectivity index (χ4n) is 4.47. The lowest BCUT2D eigenvalue weighted by Crippen LogP contribution is -2.34. The van der Waals surface area contributed by atoms with Crippen molar-refractivity contribution in [3.8, 4) is 22.0 Å². The molecule has 1 fully saturated rings. The normalized spacial score (nSPS) is 15.2. The van der Waals surface area contributed by atoms with Gasteiger partial charge in [0.15, 0.2) is 0 Å². The number of nitrogens with zero attached hydrogens (tertiary/aromatic N) is 3. The molecule has 162 valence electrons. The lowest BCUT2D eigenvalue weighted by atomic mass is 9.93. The Hall–Kier alpha value is -2.82. The summed E-state index contributed by atoms with van der Waals surface area (Å²) in [6.07, 6.45) is 5.37. The van der Waals surface area contributed by atoms with Crippen LogP contribution in [0.5, 0.6) is 0 Å². The Morgan fingerprint density at radius 3 is 2.38 bits per heavy atom. The molecule has 0 saturated carbocycles. The molecular weight excluding hydrogens is 410 g/mol. The van der Waals surface area contributed by atoms with Gasteiger partial charge in [-0.1, -0.05) is 66.2 Å². The van der Waals surface area contributed by atoms with Crippen molar-refractivity contribution in [1.29, 1.82) is 0 Å². The van der Waals surface area contributed by atoms with E-state index in [4.69, 9.17) is 4.98 Å². The topological polar surface area (TPSA) is 29.0 Å². The van der Waals surface area contributed by atoms with Crippen LogP contribution >= 0.6 is 11.3 Å². The number of likely N-dealkylation sites (tertiary alicyclic amines) is 1. The number of hydrogen-bond acceptors (Lipinski definition) is 4. The fourth-order valence-corrected chi connectivity index (χ4v) is 5.71. The predicted octanol–water partition coefficient (Wildman–Crippen LogP) is 6.60. The Morgan fingerprint density at radius 2 is 1.66 bits per heavy atom. The number of piperidine rings is 1. The predicted molar refractivity (Wildman–Crippen MR) is 134 cm³/mol. The molecule has 1 saturated heterocycles. The summed E-state index contributed by atoms with van der Waals surface area (Å²) in [6, 6.07) is 25.7. The summed E-state index contributed by atoms with van der Waals surface area (Å²) in [5.74, 6) is 0.552. The van der Waals surface area contributed by atoms with Crippen molar-refractivity contribution < 1.29 is 0 Å². The standard InChI is InChI=1S/C28H29N3S/c1-21-10-12-24(13-11-21)28-30-26(25-9-5-6-17-29-25)27(32-28)23-15-19-31(20-16-23)18-14-22-7-3-2-4-8-22/h2-13,17,23H,14-16,18-20H2,1H3. The Kier molecular flexibility index (Phi) is 6.42. The summed E-state index contributed by atoms with van der Waals surface area (Å²) in [7, 11) is 0. The molecular formula is C28H29N3S. The largest absolute Gasteiger partial charge is 0.303 e. The van der Waals surface area contributed by atoms with Gasteiger partial charge in [-0.15, -0.1) is 11.3 Å². The number of aryl methyl sites for hydroxylation is 1. The highest BCUT2D eigenvalue weighted by Crippen LogP contribution is 2.41. The second-order valence-corrected chi connectivity index (χ2v) is 9.70. The van der Waals surface area contributed by atoms with Gasteiger partial charge in [-0.25, -0.2) is 4.98 Å². The van der Waals surface area contributed by atoms with Gasteiger partial charge in [-0.2, -0.15) is 0 Å². The molecule has 0 radical (unpaired) electrons. The second-order valence-electron chi connectivity index (χ2n) is 8.66. The molecule has 0 amide bonds. The van der Waals surface area contributed by atoms with Gasteiger partial charge >= 0.3 is 0 Å². The molecule has 0 unspecified atom stereocenters. The van der Waals surface area contributed by atoms with Gasteiger partial charge in [0.1, 0.15) is 10.7 Å². The van der Waals surface area contributed by atoms with E-state index in [9.17, 15) is 0 Å². The average molecular weight is 440 g/mol. The molecule has 3 nitrogen and oxygen atoms in total. The second kappa shape index (κ2) is 9.76. The minimum atomic E-state index is 0.552. The zero-order chi connectivity index (χ0) is 21.8. The van der Waals surface area contributed by atoms with Crippen molar-refractivity contribution in [1.82, 2.24) is 14.9 Å². The van der Waals surface area contributed by atoms with Gasteiger partial charge in [0.05, 0.1) is 5.69 Å². The molecule has 0 spiro atoms. The molecule has 1 aliphatic heterocycles. The maximum absolute atomic E-state index is 5.09. The number of hydrogen-bond donors (Lipinski definition) is 0. The number of pyridine rings is 1. The Balaban J connectivity index is 1.34. The first-order valence-corrected chi connectivity index (χ1v) is 12.3. The van der Waals surface area contributed by atoms with Crippen LogP contribution in [0.1, 0.15) is 34.8 Å². The lowest BCUT2D eigenvalue weighted by Gasteiger charge is -2.31. The third-order valence-electron chi connectivity index (χ3n) is 6.38. The maximum atomic E-state index is 5.09. The smallest absolute Gasteiger partial charge is 0.124 e. The number of thiazole rings is 1. The summed E-state index contributed by atoms with van der Waals surface area (Å²) >= 11 is 1.86. The summed E-state index contributed by atoms with van der Waals surface area (Å²) in [5.41, 5.74) is 5.97. The Labute approximate surface area is 194 Å². The number of rotatable bonds is 6. The van der Waals surface area contributed by atoms with Crippen LogP contribution in [-0.4, -0.2) is 34.5 Å². The molecule has 1 aliphatic rings. The van der Waals surface area contributed by atoms with E-state index in [1.165, 1.54) is 34.4 Å². The molecule has 5 rings (SSSR count). The maximum Gasteiger partial charge on any atom is 0.124 e. The molecule has 4 heteroatoms. The molecule has 32 heavy (non-hydrogen) atoms. The van der Waals surface area contributed by atoms with Gasteiger partial charge in [0, 0.05) is 23.2 Å². The fraction of sp³-hybridized carbons (Fsp3) is 0.286. The van der Waals surface area contributed by atoms with Crippen LogP contribution in [0.4, 0.5) is 0 Å². The SMILES string of the molecule is Cc1ccc(-c2nc(-c3ccccn3)c(C3CCN(CCc4ccccc4)CC3)s2)cc1. The van der Waals surface area contributed by atoms with Crippen molar-refractivity contribution in [3.05, 3.63) is 95.0 Å². The third kappa shape index (κ3) is 4.82. The van der Waals surface area contributed by atoms with Crippen LogP contribution in [0.3, 0.4) is 0 Å². The summed E-state index contributed by atoms with van der Waals surface area (Å²) in [5, 5.41) is 1.10. The summed E-state index contributed by atoms with van der Waals surface area (Å²) < 4.78 is 0. The van der Waals surface area contributed by atoms with Crippen molar-refractivity contribution in [3.63, 3.8) is 0 Å². The highest BCUT2D eigenvalue weighted by atomic mass is 32.1. The first kappa shape index (κ1) is 21.0. The molecule has 2 aromatic carbocycles. The minimum absolute atomic E-state index is 0.552. The minimum Gasteiger partial charge on any atom is -0.303 e. The van der Waals surface area contributed by atoms with Gasteiger partial charge in [0.2, 0.25) is 0 Å². The van der Waals surface area contributed by atoms with Gasteiger partial charge in [0.25, 0.3) is 0 Å². The summed E-state index contributed by atoms with van der Waals surface area (Å²) in [4.78, 5) is 13.8. The summed E-state index contributed by atoms with van der Waals surface area (Å²) in [6.45, 7) is 5.57. The van der Waals surface area contributed by atoms with Crippen molar-refractivity contribution >= 4 is 11.3 Å². The highest BCUT2D eigenvalue weighted by Gasteiger charge is 2.26. The molecule has 0 aliphatic carbocycles. The van der Waals surface area contributed by atoms with Gasteiger partial charge in [-0.3, -0.25) is 4.98 Å². The number of benzene rings is 2. The van der Waals surface area contributed by atoms with E-state index in [0.29, 0.717) is 5.92 Å². The van der Waals surface area contributed by atoms with E-state index in [-0.39, 0.29) is 0 Å². The van der Waals surface area contributed by atoms with Crippen molar-refractivity contribution in [2.24, 2.45) is 0 Å². The Morgan fingerprint density at radius 1 is 0.906 bits per heavy atom. The van der Waals surface area contributed by atoms with E-state index >= 15 is 0 Å². The van der Waals surface area contributed by atoms with Crippen LogP contribution in [-0.2, 0) is 6.42 Å². The van der Waals surface area contributed by atoms with Crippen molar-refractivity contribution in [2.45, 2.75) is 32.1 Å². The molecule has 0 N–H and O–H groups in total. The van der Waals surface area contributed by atoms with Crippen LogP contribution < -0.4 is 0 Å². The van der Waals surface area contributed by atoms with E-state index in [2.05, 4.69) is 83.5 Å². The highest BCUT2D eigenvalue weighted by molar-refractivity contribution is 7.15. The third-order valence-corrected chi connectivity index (χ3v) is 7.64. The van der Waals surface area contributed by atoms with Crippen LogP contribution in [0.2, 0.25) is 0 Å². The molecule has 3 heterocycles. The molecule has 2 aromatic heterocycles. The van der Waals surface area contributed by atoms with Crippen LogP contribution in [0.15, 0.2) is 79.0 Å². The quantitative estimate of drug-likeness (QED) is 0.339. The first-order valence-electron chi connectivity index (χ1n) is 11.5. The Bertz CT molecular complexity index is 1130. The van der Waals surface area contributed by atoms with E-state index < -0.39 is 0 Å². The number of aromatic nitrogens is 2. The first-order chi connectivity index (χ1) is 15.8. The van der Waals surface area contributed by atoms with Crippen LogP contribution in [0.25, 0.3) is 22.0 Å². The van der Waals surface area contributed by atoms with Crippen LogP contribution in [0, 0.1) is 6.92 Å². The average Bonchev–Trinajstić information content (AvgIpc) is 3.30. The lowest BCUT2D eigenvalue weighted by molar-refractivity contribution is 0.216. The van der Waals surface area contributed by atoms with Crippen molar-refractivity contribution in [2.75, 3.05) is 19.6 Å². The molecule has 0 bridgehead atoms. The van der Waals surface area contributed by atoms with Gasteiger partial charge < -0.3 is 4.90 Å². The molecule has 4 aromatic rings. The van der Waals surface area contributed by atoms with E-state index in [0.717, 1.165) is 42.5 Å². The molecule has 0 atom stereocenters. The van der Waals surface area contributed by atoms with E-state index in [1.54, 1.807) is 0 Å².